The predicted octanol–water partition coefficient (Wildman–Crippen LogP) is 3.52. The average molecular weight is 283 g/mol. The van der Waals surface area contributed by atoms with Gasteiger partial charge in [0.25, 0.3) is 0 Å². The summed E-state index contributed by atoms with van der Waals surface area (Å²) in [5.41, 5.74) is 8.52. The van der Waals surface area contributed by atoms with E-state index in [1.165, 1.54) is 0 Å². The molecule has 0 bridgehead atoms. The van der Waals surface area contributed by atoms with Gasteiger partial charge in [0.1, 0.15) is 17.6 Å². The Labute approximate surface area is 124 Å². The van der Waals surface area contributed by atoms with Gasteiger partial charge in [-0.1, -0.05) is 26.0 Å². The molecule has 21 heavy (non-hydrogen) atoms. The molecule has 0 saturated carbocycles. The van der Waals surface area contributed by atoms with Crippen molar-refractivity contribution in [1.82, 2.24) is 9.55 Å². The fraction of sp³-hybridized carbons (Fsp3) is 0.353. The highest BCUT2D eigenvalue weighted by Crippen LogP contribution is 2.29. The van der Waals surface area contributed by atoms with Gasteiger partial charge in [-0.3, -0.25) is 0 Å². The van der Waals surface area contributed by atoms with Gasteiger partial charge in [0.05, 0.1) is 17.3 Å². The third kappa shape index (κ3) is 2.36. The Morgan fingerprint density at radius 1 is 1.19 bits per heavy atom. The molecule has 0 aliphatic carbocycles. The molecule has 0 radical (unpaired) electrons. The molecule has 0 fully saturated rings. The van der Waals surface area contributed by atoms with Crippen molar-refractivity contribution >= 4 is 11.0 Å². The minimum atomic E-state index is -0.0210. The molecule has 3 aromatic rings. The summed E-state index contributed by atoms with van der Waals surface area (Å²) < 4.78 is 7.90. The summed E-state index contributed by atoms with van der Waals surface area (Å²) in [7, 11) is 0. The lowest BCUT2D eigenvalue weighted by Gasteiger charge is -2.25. The quantitative estimate of drug-likeness (QED) is 0.779. The van der Waals surface area contributed by atoms with Crippen molar-refractivity contribution in [3.63, 3.8) is 0 Å². The average Bonchev–Trinajstić information content (AvgIpc) is 3.16. The molecule has 4 heteroatoms. The van der Waals surface area contributed by atoms with Crippen LogP contribution in [-0.2, 0) is 6.42 Å². The summed E-state index contributed by atoms with van der Waals surface area (Å²) in [4.78, 5) is 4.74. The van der Waals surface area contributed by atoms with Gasteiger partial charge < -0.3 is 14.7 Å². The highest BCUT2D eigenvalue weighted by molar-refractivity contribution is 5.76. The lowest BCUT2D eigenvalue weighted by Crippen LogP contribution is -2.33. The summed E-state index contributed by atoms with van der Waals surface area (Å²) in [6.45, 7) is 4.22. The van der Waals surface area contributed by atoms with E-state index in [1.807, 2.05) is 30.3 Å². The van der Waals surface area contributed by atoms with Crippen LogP contribution in [0.15, 0.2) is 47.1 Å². The van der Waals surface area contributed by atoms with Crippen molar-refractivity contribution in [3.8, 4) is 0 Å². The number of imidazole rings is 1. The second-order valence-electron chi connectivity index (χ2n) is 5.27. The maximum atomic E-state index is 6.41. The zero-order chi connectivity index (χ0) is 14.8. The number of benzene rings is 1. The lowest BCUT2D eigenvalue weighted by molar-refractivity contribution is 0.372. The van der Waals surface area contributed by atoms with Gasteiger partial charge in [-0.15, -0.1) is 0 Å². The van der Waals surface area contributed by atoms with Gasteiger partial charge in [0.2, 0.25) is 0 Å². The van der Waals surface area contributed by atoms with E-state index in [4.69, 9.17) is 15.1 Å². The molecule has 2 N–H and O–H groups in total. The Morgan fingerprint density at radius 3 is 2.67 bits per heavy atom. The summed E-state index contributed by atoms with van der Waals surface area (Å²) in [6.07, 6.45) is 3.44. The highest BCUT2D eigenvalue weighted by Gasteiger charge is 2.26. The number of nitrogens with two attached hydrogens (primary N) is 1. The highest BCUT2D eigenvalue weighted by atomic mass is 16.3. The number of hydrogen-bond donors (Lipinski definition) is 1. The van der Waals surface area contributed by atoms with E-state index in [9.17, 15) is 0 Å². The van der Waals surface area contributed by atoms with Gasteiger partial charge in [0, 0.05) is 12.5 Å². The largest absolute Gasteiger partial charge is 0.467 e. The first-order valence-electron chi connectivity index (χ1n) is 7.51. The third-order valence-corrected chi connectivity index (χ3v) is 3.97. The molecule has 2 aromatic heterocycles. The van der Waals surface area contributed by atoms with E-state index >= 15 is 0 Å². The van der Waals surface area contributed by atoms with Crippen LogP contribution >= 0.6 is 0 Å². The standard InChI is InChI=1S/C17H21N3O/c1-3-12(18)17(15-10-7-11-21-15)20-14-9-6-5-8-13(14)19-16(20)4-2/h5-12,17H,3-4,18H2,1-2H3. The first-order chi connectivity index (χ1) is 10.3. The van der Waals surface area contributed by atoms with E-state index in [2.05, 4.69) is 24.5 Å². The summed E-state index contributed by atoms with van der Waals surface area (Å²) in [6, 6.07) is 12.1. The SMILES string of the molecule is CCc1nc2ccccc2n1C(c1ccco1)C(N)CC. The maximum Gasteiger partial charge on any atom is 0.128 e. The first-order valence-corrected chi connectivity index (χ1v) is 7.51. The molecule has 4 nitrogen and oxygen atoms in total. The number of furan rings is 1. The van der Waals surface area contributed by atoms with Crippen molar-refractivity contribution in [2.75, 3.05) is 0 Å². The van der Waals surface area contributed by atoms with Gasteiger partial charge in [-0.05, 0) is 30.7 Å². The number of para-hydroxylation sites is 2. The minimum Gasteiger partial charge on any atom is -0.467 e. The number of aryl methyl sites for hydroxylation is 1. The molecule has 0 spiro atoms. The van der Waals surface area contributed by atoms with Gasteiger partial charge in [0.15, 0.2) is 0 Å². The molecule has 1 aromatic carbocycles. The number of rotatable bonds is 5. The second kappa shape index (κ2) is 5.74. The molecule has 0 aliphatic heterocycles. The zero-order valence-electron chi connectivity index (χ0n) is 12.5. The summed E-state index contributed by atoms with van der Waals surface area (Å²) in [5.74, 6) is 1.93. The molecule has 0 saturated heterocycles. The van der Waals surface area contributed by atoms with Gasteiger partial charge in [-0.2, -0.15) is 0 Å². The van der Waals surface area contributed by atoms with Crippen molar-refractivity contribution in [2.45, 2.75) is 38.8 Å². The van der Waals surface area contributed by atoms with Crippen LogP contribution in [0.3, 0.4) is 0 Å². The topological polar surface area (TPSA) is 57.0 Å². The van der Waals surface area contributed by atoms with Crippen molar-refractivity contribution < 1.29 is 4.42 Å². The van der Waals surface area contributed by atoms with E-state index in [-0.39, 0.29) is 12.1 Å². The van der Waals surface area contributed by atoms with Crippen LogP contribution in [0.2, 0.25) is 0 Å². The van der Waals surface area contributed by atoms with Crippen LogP contribution < -0.4 is 5.73 Å². The van der Waals surface area contributed by atoms with E-state index in [0.717, 1.165) is 35.5 Å². The van der Waals surface area contributed by atoms with Crippen LogP contribution in [0.4, 0.5) is 0 Å². The van der Waals surface area contributed by atoms with E-state index < -0.39 is 0 Å². The monoisotopic (exact) mass is 283 g/mol. The maximum absolute atomic E-state index is 6.41. The van der Waals surface area contributed by atoms with Crippen LogP contribution in [0, 0.1) is 0 Å². The zero-order valence-corrected chi connectivity index (χ0v) is 12.5. The predicted molar refractivity (Wildman–Crippen MR) is 84.2 cm³/mol. The molecule has 2 atom stereocenters. The van der Waals surface area contributed by atoms with Crippen molar-refractivity contribution in [1.29, 1.82) is 0 Å². The Hall–Kier alpha value is -2.07. The number of aromatic nitrogens is 2. The first kappa shape index (κ1) is 13.9. The molecule has 0 amide bonds. The fourth-order valence-electron chi connectivity index (χ4n) is 2.87. The fourth-order valence-corrected chi connectivity index (χ4v) is 2.87. The molecule has 2 heterocycles. The Balaban J connectivity index is 2.23. The van der Waals surface area contributed by atoms with Gasteiger partial charge >= 0.3 is 0 Å². The number of nitrogens with zero attached hydrogens (tertiary/aromatic N) is 2. The van der Waals surface area contributed by atoms with Crippen molar-refractivity contribution in [2.24, 2.45) is 5.73 Å². The Bertz CT molecular complexity index is 715. The summed E-state index contributed by atoms with van der Waals surface area (Å²) in [5, 5.41) is 0. The molecule has 2 unspecified atom stereocenters. The summed E-state index contributed by atoms with van der Waals surface area (Å²) >= 11 is 0. The smallest absolute Gasteiger partial charge is 0.128 e. The molecule has 3 rings (SSSR count). The van der Waals surface area contributed by atoms with Crippen LogP contribution in [-0.4, -0.2) is 15.6 Å². The number of hydrogen-bond acceptors (Lipinski definition) is 3. The minimum absolute atomic E-state index is 0.0148. The normalized spacial score (nSPS) is 14.4. The van der Waals surface area contributed by atoms with E-state index in [1.54, 1.807) is 6.26 Å². The second-order valence-corrected chi connectivity index (χ2v) is 5.27. The Kier molecular flexibility index (Phi) is 3.80. The molecular formula is C17H21N3O. The van der Waals surface area contributed by atoms with Crippen LogP contribution in [0.5, 0.6) is 0 Å². The van der Waals surface area contributed by atoms with Crippen LogP contribution in [0.1, 0.15) is 37.9 Å². The molecule has 0 aliphatic rings. The number of fused-ring (bicyclic) bond motifs is 1. The van der Waals surface area contributed by atoms with Crippen LogP contribution in [0.25, 0.3) is 11.0 Å². The molecule has 110 valence electrons. The molecular weight excluding hydrogens is 262 g/mol. The van der Waals surface area contributed by atoms with Gasteiger partial charge in [-0.25, -0.2) is 4.98 Å². The van der Waals surface area contributed by atoms with Crippen molar-refractivity contribution in [3.05, 3.63) is 54.2 Å². The van der Waals surface area contributed by atoms with E-state index in [0.29, 0.717) is 0 Å². The Morgan fingerprint density at radius 2 is 2.00 bits per heavy atom. The lowest BCUT2D eigenvalue weighted by atomic mass is 10.0. The third-order valence-electron chi connectivity index (χ3n) is 3.97.